The molecule has 0 unspecified atom stereocenters. The Morgan fingerprint density at radius 2 is 2.04 bits per heavy atom. The molecule has 0 spiro atoms. The second-order valence-corrected chi connectivity index (χ2v) is 7.00. The maximum atomic E-state index is 12.0. The van der Waals surface area contributed by atoms with E-state index in [0.29, 0.717) is 34.2 Å². The molecular weight excluding hydrogens is 390 g/mol. The highest BCUT2D eigenvalue weighted by molar-refractivity contribution is 7.99. The number of nitrogens with one attached hydrogen (secondary N) is 1. The van der Waals surface area contributed by atoms with E-state index in [-0.39, 0.29) is 18.5 Å². The average molecular weight is 404 g/mol. The van der Waals surface area contributed by atoms with Crippen LogP contribution >= 0.6 is 23.4 Å². The minimum absolute atomic E-state index is 0.136. The molecule has 1 aromatic heterocycles. The van der Waals surface area contributed by atoms with Crippen molar-refractivity contribution >= 4 is 29.3 Å². The number of hydrogen-bond acceptors (Lipinski definition) is 7. The van der Waals surface area contributed by atoms with Crippen molar-refractivity contribution < 1.29 is 18.7 Å². The second-order valence-electron chi connectivity index (χ2n) is 5.64. The summed E-state index contributed by atoms with van der Waals surface area (Å²) in [6.07, 6.45) is 0. The molecule has 0 aliphatic carbocycles. The first-order valence-corrected chi connectivity index (χ1v) is 9.41. The number of amides is 1. The quantitative estimate of drug-likeness (QED) is 0.630. The molecule has 27 heavy (non-hydrogen) atoms. The molecule has 138 valence electrons. The van der Waals surface area contributed by atoms with Crippen molar-refractivity contribution in [1.82, 2.24) is 15.5 Å². The van der Waals surface area contributed by atoms with Gasteiger partial charge in [0.15, 0.2) is 11.5 Å². The van der Waals surface area contributed by atoms with Gasteiger partial charge in [-0.25, -0.2) is 0 Å². The fourth-order valence-corrected chi connectivity index (χ4v) is 3.25. The van der Waals surface area contributed by atoms with Crippen LogP contribution in [-0.2, 0) is 11.3 Å². The van der Waals surface area contributed by atoms with Gasteiger partial charge in [-0.3, -0.25) is 4.79 Å². The van der Waals surface area contributed by atoms with Gasteiger partial charge in [-0.05, 0) is 35.9 Å². The van der Waals surface area contributed by atoms with Gasteiger partial charge in [0.1, 0.15) is 0 Å². The zero-order chi connectivity index (χ0) is 18.6. The Bertz CT molecular complexity index is 979. The maximum Gasteiger partial charge on any atom is 0.277 e. The van der Waals surface area contributed by atoms with Crippen molar-refractivity contribution in [2.75, 3.05) is 12.5 Å². The van der Waals surface area contributed by atoms with Crippen molar-refractivity contribution in [3.8, 4) is 23.0 Å². The molecule has 1 N–H and O–H groups in total. The third kappa shape index (κ3) is 4.35. The number of rotatable bonds is 6. The van der Waals surface area contributed by atoms with Crippen molar-refractivity contribution in [2.45, 2.75) is 11.8 Å². The van der Waals surface area contributed by atoms with E-state index in [1.807, 2.05) is 24.3 Å². The normalized spacial score (nSPS) is 12.2. The van der Waals surface area contributed by atoms with E-state index in [1.54, 1.807) is 18.2 Å². The van der Waals surface area contributed by atoms with Crippen LogP contribution in [0, 0.1) is 0 Å². The molecule has 0 bridgehead atoms. The van der Waals surface area contributed by atoms with Gasteiger partial charge in [-0.1, -0.05) is 35.5 Å². The van der Waals surface area contributed by atoms with Gasteiger partial charge >= 0.3 is 0 Å². The number of thioether (sulfide) groups is 1. The Kier molecular flexibility index (Phi) is 5.17. The molecule has 2 heterocycles. The first-order chi connectivity index (χ1) is 13.2. The number of hydrogen-bond donors (Lipinski definition) is 1. The van der Waals surface area contributed by atoms with Crippen molar-refractivity contribution in [3.63, 3.8) is 0 Å². The Hall–Kier alpha value is -2.71. The molecule has 0 fully saturated rings. The van der Waals surface area contributed by atoms with Crippen LogP contribution in [0.4, 0.5) is 0 Å². The molecule has 0 radical (unpaired) electrons. The van der Waals surface area contributed by atoms with E-state index in [1.165, 1.54) is 11.8 Å². The number of carbonyl (C=O) groups excluding carboxylic acids is 1. The molecule has 7 nitrogen and oxygen atoms in total. The summed E-state index contributed by atoms with van der Waals surface area (Å²) in [5.41, 5.74) is 1.66. The fraction of sp³-hybridized carbons (Fsp3) is 0.167. The third-order valence-corrected chi connectivity index (χ3v) is 4.78. The van der Waals surface area contributed by atoms with Crippen molar-refractivity contribution in [2.24, 2.45) is 0 Å². The monoisotopic (exact) mass is 403 g/mol. The van der Waals surface area contributed by atoms with Crippen LogP contribution in [0.2, 0.25) is 5.02 Å². The molecule has 0 saturated carbocycles. The summed E-state index contributed by atoms with van der Waals surface area (Å²) in [7, 11) is 0. The fourth-order valence-electron chi connectivity index (χ4n) is 2.44. The van der Waals surface area contributed by atoms with E-state index in [4.69, 9.17) is 25.5 Å². The first kappa shape index (κ1) is 17.7. The molecule has 1 aliphatic heterocycles. The molecule has 0 atom stereocenters. The summed E-state index contributed by atoms with van der Waals surface area (Å²) >= 11 is 7.10. The van der Waals surface area contributed by atoms with Crippen LogP contribution < -0.4 is 14.8 Å². The summed E-state index contributed by atoms with van der Waals surface area (Å²) in [6.45, 7) is 0.611. The highest BCUT2D eigenvalue weighted by Gasteiger charge is 2.17. The highest BCUT2D eigenvalue weighted by Crippen LogP contribution is 2.35. The standard InChI is InChI=1S/C18H14ClN3O4S/c19-13-3-1-2-11(6-13)8-20-16(23)9-27-18-22-21-17(26-18)12-4-5-14-15(7-12)25-10-24-14/h1-7H,8-10H2,(H,20,23). The van der Waals surface area contributed by atoms with Crippen molar-refractivity contribution in [1.29, 1.82) is 0 Å². The van der Waals surface area contributed by atoms with E-state index in [9.17, 15) is 4.79 Å². The molecule has 2 aromatic carbocycles. The Morgan fingerprint density at radius 3 is 2.93 bits per heavy atom. The van der Waals surface area contributed by atoms with Crippen molar-refractivity contribution in [3.05, 3.63) is 53.1 Å². The van der Waals surface area contributed by atoms with Gasteiger partial charge < -0.3 is 19.2 Å². The second kappa shape index (κ2) is 7.89. The molecule has 0 saturated heterocycles. The zero-order valence-electron chi connectivity index (χ0n) is 14.0. The lowest BCUT2D eigenvalue weighted by atomic mass is 10.2. The van der Waals surface area contributed by atoms with Gasteiger partial charge in [0.2, 0.25) is 18.6 Å². The number of benzene rings is 2. The van der Waals surface area contributed by atoms with Crippen LogP contribution in [0.25, 0.3) is 11.5 Å². The van der Waals surface area contributed by atoms with Crippen LogP contribution in [0.5, 0.6) is 11.5 Å². The third-order valence-electron chi connectivity index (χ3n) is 3.73. The summed E-state index contributed by atoms with van der Waals surface area (Å²) in [5, 5.41) is 11.8. The lowest BCUT2D eigenvalue weighted by Crippen LogP contribution is -2.24. The van der Waals surface area contributed by atoms with Crippen LogP contribution in [0.1, 0.15) is 5.56 Å². The number of fused-ring (bicyclic) bond motifs is 1. The van der Waals surface area contributed by atoms with E-state index in [0.717, 1.165) is 11.1 Å². The summed E-state index contributed by atoms with van der Waals surface area (Å²) < 4.78 is 16.2. The number of nitrogens with zero attached hydrogens (tertiary/aromatic N) is 2. The highest BCUT2D eigenvalue weighted by atomic mass is 35.5. The zero-order valence-corrected chi connectivity index (χ0v) is 15.5. The van der Waals surface area contributed by atoms with Crippen LogP contribution in [0.3, 0.4) is 0 Å². The number of carbonyl (C=O) groups is 1. The lowest BCUT2D eigenvalue weighted by Gasteiger charge is -2.04. The Balaban J connectivity index is 1.31. The largest absolute Gasteiger partial charge is 0.454 e. The Morgan fingerprint density at radius 1 is 1.15 bits per heavy atom. The molecule has 1 aliphatic rings. The molecule has 4 rings (SSSR count). The molecular formula is C18H14ClN3O4S. The predicted octanol–water partition coefficient (Wildman–Crippen LogP) is 3.53. The lowest BCUT2D eigenvalue weighted by molar-refractivity contribution is -0.118. The predicted molar refractivity (Wildman–Crippen MR) is 99.9 cm³/mol. The smallest absolute Gasteiger partial charge is 0.277 e. The molecule has 9 heteroatoms. The minimum Gasteiger partial charge on any atom is -0.454 e. The first-order valence-electron chi connectivity index (χ1n) is 8.05. The van der Waals surface area contributed by atoms with Gasteiger partial charge in [-0.15, -0.1) is 10.2 Å². The number of halogens is 1. The summed E-state index contributed by atoms with van der Waals surface area (Å²) in [6, 6.07) is 12.7. The average Bonchev–Trinajstić information content (AvgIpc) is 3.33. The Labute approximate surface area is 164 Å². The van der Waals surface area contributed by atoms with E-state index >= 15 is 0 Å². The maximum absolute atomic E-state index is 12.0. The van der Waals surface area contributed by atoms with Gasteiger partial charge in [0, 0.05) is 17.1 Å². The number of aromatic nitrogens is 2. The van der Waals surface area contributed by atoms with Gasteiger partial charge in [0.25, 0.3) is 5.22 Å². The minimum atomic E-state index is -0.136. The summed E-state index contributed by atoms with van der Waals surface area (Å²) in [5.74, 6) is 1.71. The van der Waals surface area contributed by atoms with Gasteiger partial charge in [0.05, 0.1) is 5.75 Å². The number of ether oxygens (including phenoxy) is 2. The van der Waals surface area contributed by atoms with E-state index < -0.39 is 0 Å². The molecule has 3 aromatic rings. The summed E-state index contributed by atoms with van der Waals surface area (Å²) in [4.78, 5) is 12.0. The van der Waals surface area contributed by atoms with Crippen LogP contribution in [0.15, 0.2) is 52.1 Å². The van der Waals surface area contributed by atoms with Crippen LogP contribution in [-0.4, -0.2) is 28.7 Å². The SMILES string of the molecule is O=C(CSc1nnc(-c2ccc3c(c2)OCO3)o1)NCc1cccc(Cl)c1. The topological polar surface area (TPSA) is 86.5 Å². The van der Waals surface area contributed by atoms with Gasteiger partial charge in [-0.2, -0.15) is 0 Å². The molecule has 1 amide bonds. The van der Waals surface area contributed by atoms with E-state index in [2.05, 4.69) is 15.5 Å².